The molecule has 0 saturated heterocycles. The summed E-state index contributed by atoms with van der Waals surface area (Å²) in [5.41, 5.74) is 0.485. The predicted molar refractivity (Wildman–Crippen MR) is 103 cm³/mol. The Balaban J connectivity index is 2.14. The van der Waals surface area contributed by atoms with Gasteiger partial charge in [0, 0.05) is 6.04 Å². The second-order valence-electron chi connectivity index (χ2n) is 6.02. The first kappa shape index (κ1) is 19.9. The number of nitrogens with one attached hydrogen (secondary N) is 1. The molecule has 0 radical (unpaired) electrons. The largest absolute Gasteiger partial charge is 0.455 e. The van der Waals surface area contributed by atoms with Gasteiger partial charge in [-0.2, -0.15) is 4.31 Å². The van der Waals surface area contributed by atoms with Gasteiger partial charge in [-0.15, -0.1) is 0 Å². The van der Waals surface area contributed by atoms with E-state index in [4.69, 9.17) is 4.74 Å². The highest BCUT2D eigenvalue weighted by molar-refractivity contribution is 7.88. The lowest BCUT2D eigenvalue weighted by Gasteiger charge is -2.25. The molecular formula is C19H24N2O4S. The molecule has 0 aliphatic carbocycles. The summed E-state index contributed by atoms with van der Waals surface area (Å²) in [6, 6.07) is 16.0. The maximum absolute atomic E-state index is 12.4. The van der Waals surface area contributed by atoms with Gasteiger partial charge in [0.05, 0.1) is 18.5 Å². The molecule has 2 aromatic carbocycles. The highest BCUT2D eigenvalue weighted by atomic mass is 32.2. The molecule has 1 N–H and O–H groups in total. The first-order valence-corrected chi connectivity index (χ1v) is 10.2. The van der Waals surface area contributed by atoms with E-state index < -0.39 is 15.9 Å². The number of hydrogen-bond acceptors (Lipinski definition) is 4. The van der Waals surface area contributed by atoms with Crippen LogP contribution in [0.4, 0.5) is 5.69 Å². The van der Waals surface area contributed by atoms with Crippen LogP contribution in [0.5, 0.6) is 11.5 Å². The number of ether oxygens (including phenoxy) is 1. The molecule has 1 unspecified atom stereocenters. The fourth-order valence-corrected chi connectivity index (χ4v) is 3.56. The smallest absolute Gasteiger partial charge is 0.239 e. The summed E-state index contributed by atoms with van der Waals surface area (Å²) in [5, 5.41) is 2.74. The molecule has 1 atom stereocenters. The molecule has 0 fully saturated rings. The van der Waals surface area contributed by atoms with E-state index in [0.717, 1.165) is 6.26 Å². The Morgan fingerprint density at radius 2 is 1.73 bits per heavy atom. The Kier molecular flexibility index (Phi) is 6.76. The number of anilines is 1. The van der Waals surface area contributed by atoms with E-state index >= 15 is 0 Å². The van der Waals surface area contributed by atoms with Crippen LogP contribution in [-0.4, -0.2) is 37.5 Å². The third kappa shape index (κ3) is 5.57. The van der Waals surface area contributed by atoms with Gasteiger partial charge in [-0.1, -0.05) is 37.3 Å². The Morgan fingerprint density at radius 3 is 2.35 bits per heavy atom. The van der Waals surface area contributed by atoms with Gasteiger partial charge in [0.1, 0.15) is 5.75 Å². The molecular weight excluding hydrogens is 352 g/mol. The normalized spacial score (nSPS) is 12.6. The summed E-state index contributed by atoms with van der Waals surface area (Å²) in [6.45, 7) is 3.41. The topological polar surface area (TPSA) is 75.7 Å². The maximum atomic E-state index is 12.4. The van der Waals surface area contributed by atoms with Gasteiger partial charge in [-0.05, 0) is 37.6 Å². The standard InChI is InChI=1S/C19H24N2O4S/c1-4-15(2)21(26(3,23)24)14-19(22)20-17-12-8-9-13-18(17)25-16-10-6-5-7-11-16/h5-13,15H,4,14H2,1-3H3,(H,20,22). The van der Waals surface area contributed by atoms with Gasteiger partial charge in [0.2, 0.25) is 15.9 Å². The Hall–Kier alpha value is -2.38. The van der Waals surface area contributed by atoms with Crippen LogP contribution >= 0.6 is 0 Å². The zero-order valence-corrected chi connectivity index (χ0v) is 16.0. The highest BCUT2D eigenvalue weighted by Crippen LogP contribution is 2.29. The van der Waals surface area contributed by atoms with E-state index in [1.165, 1.54) is 4.31 Å². The number of hydrogen-bond donors (Lipinski definition) is 1. The molecule has 26 heavy (non-hydrogen) atoms. The fraction of sp³-hybridized carbons (Fsp3) is 0.316. The van der Waals surface area contributed by atoms with Crippen LogP contribution in [0.25, 0.3) is 0 Å². The summed E-state index contributed by atoms with van der Waals surface area (Å²) in [7, 11) is -3.48. The second-order valence-corrected chi connectivity index (χ2v) is 7.96. The van der Waals surface area contributed by atoms with Gasteiger partial charge < -0.3 is 10.1 Å². The van der Waals surface area contributed by atoms with Crippen molar-refractivity contribution in [1.29, 1.82) is 0 Å². The SMILES string of the molecule is CCC(C)N(CC(=O)Nc1ccccc1Oc1ccccc1)S(C)(=O)=O. The number of benzene rings is 2. The van der Waals surface area contributed by atoms with Crippen LogP contribution in [-0.2, 0) is 14.8 Å². The van der Waals surface area contributed by atoms with Crippen LogP contribution in [0.3, 0.4) is 0 Å². The van der Waals surface area contributed by atoms with Gasteiger partial charge in [-0.25, -0.2) is 8.42 Å². The minimum Gasteiger partial charge on any atom is -0.455 e. The molecule has 6 nitrogen and oxygen atoms in total. The molecule has 2 rings (SSSR count). The zero-order chi connectivity index (χ0) is 19.2. The third-order valence-corrected chi connectivity index (χ3v) is 5.28. The van der Waals surface area contributed by atoms with Crippen LogP contribution in [0.1, 0.15) is 20.3 Å². The number of nitrogens with zero attached hydrogens (tertiary/aromatic N) is 1. The van der Waals surface area contributed by atoms with Crippen LogP contribution in [0.15, 0.2) is 54.6 Å². The van der Waals surface area contributed by atoms with Crippen LogP contribution in [0, 0.1) is 0 Å². The second kappa shape index (κ2) is 8.82. The number of rotatable bonds is 8. The van der Waals surface area contributed by atoms with Crippen molar-refractivity contribution in [2.24, 2.45) is 0 Å². The molecule has 0 heterocycles. The summed E-state index contributed by atoms with van der Waals surface area (Å²) < 4.78 is 30.9. The van der Waals surface area contributed by atoms with Crippen LogP contribution < -0.4 is 10.1 Å². The molecule has 7 heteroatoms. The lowest BCUT2D eigenvalue weighted by Crippen LogP contribution is -2.42. The lowest BCUT2D eigenvalue weighted by molar-refractivity contribution is -0.116. The molecule has 0 spiro atoms. The average molecular weight is 376 g/mol. The van der Waals surface area contributed by atoms with Crippen molar-refractivity contribution in [3.63, 3.8) is 0 Å². The molecule has 140 valence electrons. The molecule has 0 aromatic heterocycles. The van der Waals surface area contributed by atoms with E-state index in [0.29, 0.717) is 23.6 Å². The third-order valence-electron chi connectivity index (χ3n) is 3.94. The monoisotopic (exact) mass is 376 g/mol. The van der Waals surface area contributed by atoms with E-state index in [9.17, 15) is 13.2 Å². The lowest BCUT2D eigenvalue weighted by atomic mass is 10.2. The Labute approximate surface area is 154 Å². The van der Waals surface area contributed by atoms with E-state index in [1.54, 1.807) is 31.2 Å². The van der Waals surface area contributed by atoms with Crippen molar-refractivity contribution in [2.45, 2.75) is 26.3 Å². The van der Waals surface area contributed by atoms with Gasteiger partial charge in [0.25, 0.3) is 0 Å². The number of para-hydroxylation sites is 3. The van der Waals surface area contributed by atoms with Crippen molar-refractivity contribution < 1.29 is 17.9 Å². The van der Waals surface area contributed by atoms with Crippen molar-refractivity contribution in [2.75, 3.05) is 18.1 Å². The first-order valence-electron chi connectivity index (χ1n) is 8.40. The van der Waals surface area contributed by atoms with Gasteiger partial charge in [-0.3, -0.25) is 4.79 Å². The maximum Gasteiger partial charge on any atom is 0.239 e. The van der Waals surface area contributed by atoms with E-state index in [-0.39, 0.29) is 12.6 Å². The minimum atomic E-state index is -3.48. The summed E-state index contributed by atoms with van der Waals surface area (Å²) in [6.07, 6.45) is 1.73. The van der Waals surface area contributed by atoms with Crippen LogP contribution in [0.2, 0.25) is 0 Å². The predicted octanol–water partition coefficient (Wildman–Crippen LogP) is 3.48. The molecule has 0 saturated carbocycles. The molecule has 0 aliphatic heterocycles. The molecule has 2 aromatic rings. The zero-order valence-electron chi connectivity index (χ0n) is 15.2. The molecule has 0 aliphatic rings. The Morgan fingerprint density at radius 1 is 1.12 bits per heavy atom. The number of carbonyl (C=O) groups is 1. The summed E-state index contributed by atoms with van der Waals surface area (Å²) in [5.74, 6) is 0.716. The fourth-order valence-electron chi connectivity index (χ4n) is 2.41. The Bertz CT molecular complexity index is 838. The average Bonchev–Trinajstić information content (AvgIpc) is 2.60. The van der Waals surface area contributed by atoms with E-state index in [1.807, 2.05) is 37.3 Å². The highest BCUT2D eigenvalue weighted by Gasteiger charge is 2.25. The number of sulfonamides is 1. The van der Waals surface area contributed by atoms with Crippen molar-refractivity contribution in [3.8, 4) is 11.5 Å². The summed E-state index contributed by atoms with van der Waals surface area (Å²) >= 11 is 0. The minimum absolute atomic E-state index is 0.243. The van der Waals surface area contributed by atoms with Gasteiger partial charge in [0.15, 0.2) is 5.75 Å². The number of amides is 1. The van der Waals surface area contributed by atoms with Crippen molar-refractivity contribution in [1.82, 2.24) is 4.31 Å². The van der Waals surface area contributed by atoms with Crippen molar-refractivity contribution in [3.05, 3.63) is 54.6 Å². The summed E-state index contributed by atoms with van der Waals surface area (Å²) in [4.78, 5) is 12.4. The van der Waals surface area contributed by atoms with E-state index in [2.05, 4.69) is 5.32 Å². The quantitative estimate of drug-likeness (QED) is 0.765. The molecule has 1 amide bonds. The van der Waals surface area contributed by atoms with Crippen molar-refractivity contribution >= 4 is 21.6 Å². The number of carbonyl (C=O) groups excluding carboxylic acids is 1. The van der Waals surface area contributed by atoms with Gasteiger partial charge >= 0.3 is 0 Å². The first-order chi connectivity index (χ1) is 12.3. The molecule has 0 bridgehead atoms.